The molecule has 2 nitrogen and oxygen atoms in total. The minimum absolute atomic E-state index is 0.120. The Bertz CT molecular complexity index is 65.2. The molecular formula is C3H4NOS. The summed E-state index contributed by atoms with van der Waals surface area (Å²) in [5, 5.41) is 8.51. The Morgan fingerprint density at radius 2 is 2.67 bits per heavy atom. The molecule has 33 valence electrons. The molecule has 0 atom stereocenters. The first-order chi connectivity index (χ1) is 2.89. The van der Waals surface area contributed by atoms with Crippen LogP contribution in [0.25, 0.3) is 0 Å². The molecule has 0 bridgehead atoms. The zero-order valence-electron chi connectivity index (χ0n) is 3.18. The minimum atomic E-state index is 0.120. The lowest BCUT2D eigenvalue weighted by Crippen LogP contribution is -1.88. The highest BCUT2D eigenvalue weighted by atomic mass is 32.2. The third-order valence-electron chi connectivity index (χ3n) is 0.534. The van der Waals surface area contributed by atoms with Crippen molar-refractivity contribution >= 4 is 17.0 Å². The maximum absolute atomic E-state index is 8.39. The predicted molar refractivity (Wildman–Crippen MR) is 25.6 cm³/mol. The van der Waals surface area contributed by atoms with Gasteiger partial charge in [0.2, 0.25) is 0 Å². The molecule has 0 spiro atoms. The molecule has 1 rings (SSSR count). The Labute approximate surface area is 40.4 Å². The summed E-state index contributed by atoms with van der Waals surface area (Å²) in [5.41, 5.74) is 0. The number of ether oxygens (including phenoxy) is 1. The predicted octanol–water partition coefficient (Wildman–Crippen LogP) is -0.0941. The maximum Gasteiger partial charge on any atom is 0.270 e. The van der Waals surface area contributed by atoms with E-state index < -0.39 is 0 Å². The average molecular weight is 102 g/mol. The van der Waals surface area contributed by atoms with Crippen LogP contribution in [0.1, 0.15) is 0 Å². The molecule has 1 fully saturated rings. The lowest BCUT2D eigenvalue weighted by Gasteiger charge is -1.82. The highest BCUT2D eigenvalue weighted by Crippen LogP contribution is 2.08. The lowest BCUT2D eigenvalue weighted by atomic mass is 10.9. The van der Waals surface area contributed by atoms with E-state index in [0.29, 0.717) is 6.61 Å². The van der Waals surface area contributed by atoms with Crippen LogP contribution in [-0.2, 0) is 4.74 Å². The summed E-state index contributed by atoms with van der Waals surface area (Å²) in [6, 6.07) is 0. The van der Waals surface area contributed by atoms with Crippen molar-refractivity contribution in [2.75, 3.05) is 12.4 Å². The summed E-state index contributed by atoms with van der Waals surface area (Å²) < 4.78 is 4.59. The standard InChI is InChI=1S/C3H4NOS/c4-3-5-1-2-6-3/h1-2H2. The van der Waals surface area contributed by atoms with Crippen LogP contribution >= 0.6 is 11.8 Å². The van der Waals surface area contributed by atoms with E-state index >= 15 is 0 Å². The fourth-order valence-electron chi connectivity index (χ4n) is 0.300. The van der Waals surface area contributed by atoms with Crippen LogP contribution in [0.3, 0.4) is 0 Å². The molecule has 0 aromatic heterocycles. The van der Waals surface area contributed by atoms with E-state index in [4.69, 9.17) is 5.41 Å². The topological polar surface area (TPSA) is 31.5 Å². The van der Waals surface area contributed by atoms with Gasteiger partial charge in [0.1, 0.15) is 6.61 Å². The van der Waals surface area contributed by atoms with Gasteiger partial charge in [-0.25, -0.2) is 0 Å². The van der Waals surface area contributed by atoms with Crippen LogP contribution in [0, 0.1) is 0 Å². The third kappa shape index (κ3) is 0.653. The molecule has 0 amide bonds. The van der Waals surface area contributed by atoms with Crippen molar-refractivity contribution in [2.24, 2.45) is 0 Å². The van der Waals surface area contributed by atoms with E-state index in [0.717, 1.165) is 5.75 Å². The number of thioether (sulfide) groups is 1. The Morgan fingerprint density at radius 3 is 2.83 bits per heavy atom. The summed E-state index contributed by atoms with van der Waals surface area (Å²) >= 11 is 1.35. The van der Waals surface area contributed by atoms with Crippen LogP contribution in [0.5, 0.6) is 0 Å². The minimum Gasteiger partial charge on any atom is -0.471 e. The Hall–Kier alpha value is -0.180. The van der Waals surface area contributed by atoms with E-state index in [9.17, 15) is 0 Å². The zero-order valence-corrected chi connectivity index (χ0v) is 3.99. The second-order valence-electron chi connectivity index (χ2n) is 0.963. The number of hydrogen-bond acceptors (Lipinski definition) is 2. The second kappa shape index (κ2) is 1.51. The van der Waals surface area contributed by atoms with Gasteiger partial charge in [0, 0.05) is 5.75 Å². The van der Waals surface area contributed by atoms with Gasteiger partial charge in [-0.15, -0.1) is 5.41 Å². The molecule has 1 heterocycles. The molecule has 1 aliphatic rings. The quantitative estimate of drug-likeness (QED) is 0.428. The van der Waals surface area contributed by atoms with Crippen molar-refractivity contribution < 1.29 is 4.74 Å². The van der Waals surface area contributed by atoms with Gasteiger partial charge in [0.25, 0.3) is 5.23 Å². The van der Waals surface area contributed by atoms with E-state index in [1.54, 1.807) is 0 Å². The first-order valence-electron chi connectivity index (χ1n) is 1.71. The van der Waals surface area contributed by atoms with Crippen molar-refractivity contribution in [3.8, 4) is 0 Å². The molecule has 3 heteroatoms. The van der Waals surface area contributed by atoms with Gasteiger partial charge in [-0.3, -0.25) is 0 Å². The fraction of sp³-hybridized carbons (Fsp3) is 0.667. The monoisotopic (exact) mass is 102 g/mol. The van der Waals surface area contributed by atoms with Crippen molar-refractivity contribution in [3.63, 3.8) is 0 Å². The number of rotatable bonds is 0. The van der Waals surface area contributed by atoms with E-state index in [-0.39, 0.29) is 5.23 Å². The Balaban J connectivity index is 2.37. The zero-order chi connectivity index (χ0) is 4.41. The van der Waals surface area contributed by atoms with Crippen LogP contribution < -0.4 is 5.41 Å². The van der Waals surface area contributed by atoms with E-state index in [1.807, 2.05) is 0 Å². The molecule has 0 aromatic rings. The molecule has 0 saturated carbocycles. The second-order valence-corrected chi connectivity index (χ2v) is 2.01. The average Bonchev–Trinajstić information content (AvgIpc) is 1.86. The molecule has 1 radical (unpaired) electrons. The molecule has 0 unspecified atom stereocenters. The molecule has 1 saturated heterocycles. The molecule has 0 aliphatic carbocycles. The Morgan fingerprint density at radius 1 is 1.83 bits per heavy atom. The third-order valence-corrected chi connectivity index (χ3v) is 1.27. The summed E-state index contributed by atoms with van der Waals surface area (Å²) in [5.74, 6) is 0.895. The van der Waals surface area contributed by atoms with Gasteiger partial charge in [-0.05, 0) is 0 Å². The Kier molecular flexibility index (Phi) is 1.01. The highest BCUT2D eigenvalue weighted by Gasteiger charge is 2.06. The smallest absolute Gasteiger partial charge is 0.270 e. The van der Waals surface area contributed by atoms with E-state index in [2.05, 4.69) is 4.74 Å². The van der Waals surface area contributed by atoms with Crippen LogP contribution in [0.4, 0.5) is 0 Å². The first-order valence-corrected chi connectivity index (χ1v) is 2.69. The summed E-state index contributed by atoms with van der Waals surface area (Å²) in [4.78, 5) is 0. The van der Waals surface area contributed by atoms with Crippen molar-refractivity contribution in [3.05, 3.63) is 0 Å². The first kappa shape index (κ1) is 3.99. The van der Waals surface area contributed by atoms with Crippen molar-refractivity contribution in [1.82, 2.24) is 5.41 Å². The molecule has 1 aliphatic heterocycles. The van der Waals surface area contributed by atoms with Gasteiger partial charge in [0.15, 0.2) is 0 Å². The number of hydrogen-bond donors (Lipinski definition) is 0. The van der Waals surface area contributed by atoms with Crippen LogP contribution in [0.15, 0.2) is 0 Å². The van der Waals surface area contributed by atoms with Gasteiger partial charge >= 0.3 is 0 Å². The number of nitrogens with zero attached hydrogens (tertiary/aromatic N) is 1. The molecule has 0 aromatic carbocycles. The maximum atomic E-state index is 8.39. The van der Waals surface area contributed by atoms with Gasteiger partial charge in [0.05, 0.1) is 0 Å². The van der Waals surface area contributed by atoms with E-state index in [1.165, 1.54) is 11.8 Å². The van der Waals surface area contributed by atoms with Crippen LogP contribution in [0.2, 0.25) is 0 Å². The van der Waals surface area contributed by atoms with Crippen molar-refractivity contribution in [1.29, 1.82) is 0 Å². The summed E-state index contributed by atoms with van der Waals surface area (Å²) in [7, 11) is 0. The van der Waals surface area contributed by atoms with Gasteiger partial charge in [-0.2, -0.15) is 0 Å². The molecular weight excluding hydrogens is 98.1 g/mol. The lowest BCUT2D eigenvalue weighted by molar-refractivity contribution is 0.353. The van der Waals surface area contributed by atoms with Crippen LogP contribution in [-0.4, -0.2) is 17.6 Å². The SMILES string of the molecule is [N]=C1OCCS1. The normalized spacial score (nSPS) is 21.0. The van der Waals surface area contributed by atoms with Crippen molar-refractivity contribution in [2.45, 2.75) is 0 Å². The fourth-order valence-corrected chi connectivity index (χ4v) is 0.808. The molecule has 6 heavy (non-hydrogen) atoms. The summed E-state index contributed by atoms with van der Waals surface area (Å²) in [6.07, 6.45) is 0. The molecule has 0 N–H and O–H groups in total. The van der Waals surface area contributed by atoms with Gasteiger partial charge in [-0.1, -0.05) is 11.8 Å². The highest BCUT2D eigenvalue weighted by molar-refractivity contribution is 8.13. The van der Waals surface area contributed by atoms with Gasteiger partial charge < -0.3 is 4.74 Å². The largest absolute Gasteiger partial charge is 0.471 e. The summed E-state index contributed by atoms with van der Waals surface area (Å²) in [6.45, 7) is 0.663.